The lowest BCUT2D eigenvalue weighted by molar-refractivity contribution is 0.141. The molecule has 4 nitrogen and oxygen atoms in total. The standard InChI is InChI=1S/C16H13NO3/c18-16(19)20-15-6-3-9-17(15)11-12-7-8-13-4-1-2-5-14(13)10-12/h1-10H,11H2,(H,18,19). The monoisotopic (exact) mass is 267 g/mol. The number of hydrogen-bond donors (Lipinski definition) is 1. The minimum absolute atomic E-state index is 0.325. The Balaban J connectivity index is 1.89. The van der Waals surface area contributed by atoms with Crippen LogP contribution in [0.1, 0.15) is 5.56 Å². The first-order valence-electron chi connectivity index (χ1n) is 6.26. The molecule has 0 saturated carbocycles. The fourth-order valence-corrected chi connectivity index (χ4v) is 2.25. The van der Waals surface area contributed by atoms with Crippen LogP contribution >= 0.6 is 0 Å². The fraction of sp³-hybridized carbons (Fsp3) is 0.0625. The van der Waals surface area contributed by atoms with Crippen molar-refractivity contribution in [3.8, 4) is 5.88 Å². The molecule has 0 bridgehead atoms. The molecule has 0 aliphatic carbocycles. The van der Waals surface area contributed by atoms with Gasteiger partial charge < -0.3 is 14.4 Å². The lowest BCUT2D eigenvalue weighted by atomic mass is 10.1. The maximum atomic E-state index is 10.6. The highest BCUT2D eigenvalue weighted by atomic mass is 16.7. The van der Waals surface area contributed by atoms with Crippen molar-refractivity contribution in [3.05, 3.63) is 66.4 Å². The van der Waals surface area contributed by atoms with Crippen molar-refractivity contribution in [1.82, 2.24) is 4.57 Å². The number of carboxylic acid groups (broad SMARTS) is 1. The molecule has 0 radical (unpaired) electrons. The van der Waals surface area contributed by atoms with Gasteiger partial charge in [0.2, 0.25) is 5.88 Å². The molecule has 100 valence electrons. The van der Waals surface area contributed by atoms with Gasteiger partial charge in [-0.05, 0) is 28.5 Å². The van der Waals surface area contributed by atoms with E-state index in [1.54, 1.807) is 22.9 Å². The molecule has 0 aliphatic rings. The third-order valence-corrected chi connectivity index (χ3v) is 3.15. The van der Waals surface area contributed by atoms with E-state index in [4.69, 9.17) is 9.84 Å². The first-order valence-corrected chi connectivity index (χ1v) is 6.26. The molecule has 2 aromatic carbocycles. The van der Waals surface area contributed by atoms with Crippen molar-refractivity contribution in [2.45, 2.75) is 6.54 Å². The summed E-state index contributed by atoms with van der Waals surface area (Å²) in [6, 6.07) is 17.7. The Hall–Kier alpha value is -2.75. The number of ether oxygens (including phenoxy) is 1. The minimum atomic E-state index is -1.30. The van der Waals surface area contributed by atoms with Crippen LogP contribution in [-0.2, 0) is 6.54 Å². The average molecular weight is 267 g/mol. The van der Waals surface area contributed by atoms with Crippen LogP contribution < -0.4 is 4.74 Å². The van der Waals surface area contributed by atoms with Crippen LogP contribution in [-0.4, -0.2) is 15.8 Å². The second-order valence-electron chi connectivity index (χ2n) is 4.52. The number of rotatable bonds is 3. The predicted molar refractivity (Wildman–Crippen MR) is 76.1 cm³/mol. The summed E-state index contributed by atoms with van der Waals surface area (Å²) in [5.74, 6) is 0.325. The molecule has 1 aromatic heterocycles. The first-order chi connectivity index (χ1) is 9.72. The van der Waals surface area contributed by atoms with E-state index in [0.717, 1.165) is 10.9 Å². The fourth-order valence-electron chi connectivity index (χ4n) is 2.25. The molecule has 0 aliphatic heterocycles. The van der Waals surface area contributed by atoms with Gasteiger partial charge in [-0.1, -0.05) is 36.4 Å². The van der Waals surface area contributed by atoms with Crippen LogP contribution in [0, 0.1) is 0 Å². The van der Waals surface area contributed by atoms with Crippen molar-refractivity contribution in [2.75, 3.05) is 0 Å². The molecule has 3 aromatic rings. The van der Waals surface area contributed by atoms with Crippen molar-refractivity contribution < 1.29 is 14.6 Å². The lowest BCUT2D eigenvalue weighted by Crippen LogP contribution is -2.08. The second-order valence-corrected chi connectivity index (χ2v) is 4.52. The molecule has 0 unspecified atom stereocenters. The normalized spacial score (nSPS) is 10.6. The number of carbonyl (C=O) groups is 1. The number of benzene rings is 2. The third kappa shape index (κ3) is 2.49. The number of nitrogens with zero attached hydrogens (tertiary/aromatic N) is 1. The minimum Gasteiger partial charge on any atom is -0.449 e. The van der Waals surface area contributed by atoms with E-state index >= 15 is 0 Å². The van der Waals surface area contributed by atoms with Crippen molar-refractivity contribution in [1.29, 1.82) is 0 Å². The van der Waals surface area contributed by atoms with Gasteiger partial charge in [0.15, 0.2) is 0 Å². The SMILES string of the molecule is O=C(O)Oc1cccn1Cc1ccc2ccccc2c1. The Kier molecular flexibility index (Phi) is 3.13. The van der Waals surface area contributed by atoms with E-state index in [1.165, 1.54) is 5.39 Å². The molecule has 0 amide bonds. The molecule has 1 N–H and O–H groups in total. The summed E-state index contributed by atoms with van der Waals surface area (Å²) in [5.41, 5.74) is 1.09. The molecule has 3 rings (SSSR count). The molecule has 0 atom stereocenters. The topological polar surface area (TPSA) is 51.5 Å². The van der Waals surface area contributed by atoms with E-state index in [1.807, 2.05) is 18.2 Å². The Labute approximate surface area is 115 Å². The summed E-state index contributed by atoms with van der Waals surface area (Å²) in [7, 11) is 0. The largest absolute Gasteiger partial charge is 0.512 e. The number of hydrogen-bond acceptors (Lipinski definition) is 2. The Bertz CT molecular complexity index is 761. The quantitative estimate of drug-likeness (QED) is 0.735. The van der Waals surface area contributed by atoms with E-state index in [2.05, 4.69) is 24.3 Å². The van der Waals surface area contributed by atoms with E-state index in [0.29, 0.717) is 12.4 Å². The maximum absolute atomic E-state index is 10.6. The highest BCUT2D eigenvalue weighted by Gasteiger charge is 2.07. The van der Waals surface area contributed by atoms with Gasteiger partial charge in [-0.15, -0.1) is 0 Å². The van der Waals surface area contributed by atoms with Crippen LogP contribution in [0.15, 0.2) is 60.8 Å². The smallest absolute Gasteiger partial charge is 0.449 e. The molecule has 4 heteroatoms. The summed E-state index contributed by atoms with van der Waals surface area (Å²) < 4.78 is 6.49. The van der Waals surface area contributed by atoms with Crippen LogP contribution in [0.5, 0.6) is 5.88 Å². The molecule has 1 heterocycles. The van der Waals surface area contributed by atoms with Gasteiger partial charge >= 0.3 is 6.16 Å². The Morgan fingerprint density at radius 2 is 1.85 bits per heavy atom. The average Bonchev–Trinajstić information content (AvgIpc) is 2.85. The zero-order valence-electron chi connectivity index (χ0n) is 10.7. The van der Waals surface area contributed by atoms with E-state index in [-0.39, 0.29) is 0 Å². The summed E-state index contributed by atoms with van der Waals surface area (Å²) in [6.07, 6.45) is 0.497. The molecular formula is C16H13NO3. The van der Waals surface area contributed by atoms with Crippen LogP contribution in [0.25, 0.3) is 10.8 Å². The summed E-state index contributed by atoms with van der Waals surface area (Å²) >= 11 is 0. The van der Waals surface area contributed by atoms with Crippen molar-refractivity contribution >= 4 is 16.9 Å². The number of aromatic nitrogens is 1. The summed E-state index contributed by atoms with van der Waals surface area (Å²) in [4.78, 5) is 10.6. The van der Waals surface area contributed by atoms with E-state index < -0.39 is 6.16 Å². The molecule has 0 spiro atoms. The molecule has 0 fully saturated rings. The van der Waals surface area contributed by atoms with Crippen molar-refractivity contribution in [3.63, 3.8) is 0 Å². The molecule has 0 saturated heterocycles. The predicted octanol–water partition coefficient (Wildman–Crippen LogP) is 3.75. The summed E-state index contributed by atoms with van der Waals surface area (Å²) in [6.45, 7) is 0.570. The van der Waals surface area contributed by atoms with Gasteiger partial charge in [0.1, 0.15) is 0 Å². The van der Waals surface area contributed by atoms with Gasteiger partial charge in [0.05, 0.1) is 6.54 Å². The number of fused-ring (bicyclic) bond motifs is 1. The third-order valence-electron chi connectivity index (χ3n) is 3.15. The van der Waals surface area contributed by atoms with Gasteiger partial charge in [-0.3, -0.25) is 0 Å². The molecule has 20 heavy (non-hydrogen) atoms. The van der Waals surface area contributed by atoms with Gasteiger partial charge in [0.25, 0.3) is 0 Å². The Morgan fingerprint density at radius 1 is 1.05 bits per heavy atom. The maximum Gasteiger partial charge on any atom is 0.512 e. The van der Waals surface area contributed by atoms with E-state index in [9.17, 15) is 4.79 Å². The Morgan fingerprint density at radius 3 is 2.65 bits per heavy atom. The zero-order valence-corrected chi connectivity index (χ0v) is 10.7. The second kappa shape index (κ2) is 5.09. The first kappa shape index (κ1) is 12.3. The zero-order chi connectivity index (χ0) is 13.9. The van der Waals surface area contributed by atoms with Gasteiger partial charge in [-0.2, -0.15) is 0 Å². The van der Waals surface area contributed by atoms with Gasteiger partial charge in [0, 0.05) is 12.3 Å². The lowest BCUT2D eigenvalue weighted by Gasteiger charge is -2.08. The van der Waals surface area contributed by atoms with Crippen LogP contribution in [0.3, 0.4) is 0 Å². The van der Waals surface area contributed by atoms with Crippen molar-refractivity contribution in [2.24, 2.45) is 0 Å². The van der Waals surface area contributed by atoms with Crippen LogP contribution in [0.4, 0.5) is 4.79 Å². The summed E-state index contributed by atoms with van der Waals surface area (Å²) in [5, 5.41) is 11.0. The highest BCUT2D eigenvalue weighted by molar-refractivity contribution is 5.83. The highest BCUT2D eigenvalue weighted by Crippen LogP contribution is 2.19. The van der Waals surface area contributed by atoms with Gasteiger partial charge in [-0.25, -0.2) is 4.79 Å². The van der Waals surface area contributed by atoms with Crippen LogP contribution in [0.2, 0.25) is 0 Å². The molecular weight excluding hydrogens is 254 g/mol.